The SMILES string of the molecule is CC(C)NCCCCCC(=O)CNC(C)C. The molecule has 0 atom stereocenters. The van der Waals surface area contributed by atoms with Gasteiger partial charge in [0.15, 0.2) is 0 Å². The van der Waals surface area contributed by atoms with Crippen LogP contribution in [-0.4, -0.2) is 31.0 Å². The van der Waals surface area contributed by atoms with Crippen LogP contribution >= 0.6 is 0 Å². The lowest BCUT2D eigenvalue weighted by molar-refractivity contribution is -0.118. The Hall–Kier alpha value is -0.410. The molecule has 3 nitrogen and oxygen atoms in total. The molecular formula is C13H28N2O. The summed E-state index contributed by atoms with van der Waals surface area (Å²) in [6, 6.07) is 0.969. The quantitative estimate of drug-likeness (QED) is 0.563. The van der Waals surface area contributed by atoms with Crippen LogP contribution in [0.5, 0.6) is 0 Å². The molecular weight excluding hydrogens is 200 g/mol. The zero-order valence-corrected chi connectivity index (χ0v) is 11.3. The van der Waals surface area contributed by atoms with Crippen LogP contribution in [0.25, 0.3) is 0 Å². The molecule has 0 fully saturated rings. The van der Waals surface area contributed by atoms with Gasteiger partial charge < -0.3 is 10.6 Å². The van der Waals surface area contributed by atoms with Gasteiger partial charge in [-0.2, -0.15) is 0 Å². The number of unbranched alkanes of at least 4 members (excludes halogenated alkanes) is 2. The minimum Gasteiger partial charge on any atom is -0.315 e. The fourth-order valence-electron chi connectivity index (χ4n) is 1.42. The molecule has 0 aromatic carbocycles. The minimum atomic E-state index is 0.338. The van der Waals surface area contributed by atoms with Crippen molar-refractivity contribution in [2.45, 2.75) is 65.5 Å². The van der Waals surface area contributed by atoms with Crippen molar-refractivity contribution < 1.29 is 4.79 Å². The van der Waals surface area contributed by atoms with Gasteiger partial charge in [0.05, 0.1) is 6.54 Å². The van der Waals surface area contributed by atoms with Gasteiger partial charge in [-0.1, -0.05) is 34.1 Å². The first kappa shape index (κ1) is 15.6. The van der Waals surface area contributed by atoms with Crippen LogP contribution in [0.15, 0.2) is 0 Å². The lowest BCUT2D eigenvalue weighted by Gasteiger charge is -2.08. The van der Waals surface area contributed by atoms with Crippen molar-refractivity contribution in [3.05, 3.63) is 0 Å². The highest BCUT2D eigenvalue weighted by Gasteiger charge is 2.02. The summed E-state index contributed by atoms with van der Waals surface area (Å²) in [5, 5.41) is 6.53. The van der Waals surface area contributed by atoms with E-state index in [0.717, 1.165) is 25.8 Å². The highest BCUT2D eigenvalue weighted by atomic mass is 16.1. The van der Waals surface area contributed by atoms with E-state index in [2.05, 4.69) is 38.3 Å². The Bertz CT molecular complexity index is 179. The third-order valence-electron chi connectivity index (χ3n) is 2.39. The maximum atomic E-state index is 11.4. The first-order valence-corrected chi connectivity index (χ1v) is 6.51. The van der Waals surface area contributed by atoms with Gasteiger partial charge in [0.1, 0.15) is 5.78 Å². The monoisotopic (exact) mass is 228 g/mol. The van der Waals surface area contributed by atoms with Crippen molar-refractivity contribution in [1.82, 2.24) is 10.6 Å². The molecule has 96 valence electrons. The van der Waals surface area contributed by atoms with Crippen LogP contribution in [-0.2, 0) is 4.79 Å². The number of Topliss-reactive ketones (excluding diaryl/α,β-unsaturated/α-hetero) is 1. The van der Waals surface area contributed by atoms with E-state index in [1.54, 1.807) is 0 Å². The second kappa shape index (κ2) is 9.79. The predicted octanol–water partition coefficient (Wildman–Crippen LogP) is 2.11. The largest absolute Gasteiger partial charge is 0.315 e. The van der Waals surface area contributed by atoms with Crippen molar-refractivity contribution in [3.8, 4) is 0 Å². The Morgan fingerprint density at radius 2 is 1.56 bits per heavy atom. The van der Waals surface area contributed by atoms with Crippen LogP contribution in [0.4, 0.5) is 0 Å². The molecule has 0 amide bonds. The molecule has 16 heavy (non-hydrogen) atoms. The molecule has 0 aliphatic rings. The molecule has 0 radical (unpaired) electrons. The van der Waals surface area contributed by atoms with Crippen LogP contribution in [0.1, 0.15) is 53.4 Å². The molecule has 2 N–H and O–H groups in total. The maximum absolute atomic E-state index is 11.4. The Labute approximate surface area is 100 Å². The number of nitrogens with one attached hydrogen (secondary N) is 2. The third kappa shape index (κ3) is 11.7. The van der Waals surface area contributed by atoms with Crippen LogP contribution < -0.4 is 10.6 Å². The third-order valence-corrected chi connectivity index (χ3v) is 2.39. The summed E-state index contributed by atoms with van der Waals surface area (Å²) in [6.07, 6.45) is 4.07. The molecule has 0 aliphatic carbocycles. The number of hydrogen-bond donors (Lipinski definition) is 2. The Kier molecular flexibility index (Phi) is 9.54. The molecule has 0 unspecified atom stereocenters. The molecule has 3 heteroatoms. The number of ketones is 1. The van der Waals surface area contributed by atoms with Gasteiger partial charge in [0, 0.05) is 18.5 Å². The van der Waals surface area contributed by atoms with Crippen LogP contribution in [0.2, 0.25) is 0 Å². The molecule has 0 rings (SSSR count). The fraction of sp³-hybridized carbons (Fsp3) is 0.923. The summed E-state index contributed by atoms with van der Waals surface area (Å²) in [6.45, 7) is 10.0. The zero-order valence-electron chi connectivity index (χ0n) is 11.3. The van der Waals surface area contributed by atoms with E-state index in [9.17, 15) is 4.79 Å². The molecule has 0 saturated carbocycles. The van der Waals surface area contributed by atoms with E-state index in [4.69, 9.17) is 0 Å². The van der Waals surface area contributed by atoms with E-state index < -0.39 is 0 Å². The first-order valence-electron chi connectivity index (χ1n) is 6.51. The molecule has 0 bridgehead atoms. The van der Waals surface area contributed by atoms with E-state index in [0.29, 0.717) is 24.4 Å². The van der Waals surface area contributed by atoms with Gasteiger partial charge in [-0.25, -0.2) is 0 Å². The molecule has 0 aromatic heterocycles. The van der Waals surface area contributed by atoms with E-state index in [1.165, 1.54) is 6.42 Å². The molecule has 0 aromatic rings. The predicted molar refractivity (Wildman–Crippen MR) is 69.8 cm³/mol. The second-order valence-corrected chi connectivity index (χ2v) is 4.99. The van der Waals surface area contributed by atoms with Gasteiger partial charge >= 0.3 is 0 Å². The smallest absolute Gasteiger partial charge is 0.146 e. The molecule has 0 spiro atoms. The Morgan fingerprint density at radius 1 is 0.938 bits per heavy atom. The zero-order chi connectivity index (χ0) is 12.4. The number of carbonyl (C=O) groups excluding carboxylic acids is 1. The van der Waals surface area contributed by atoms with Crippen LogP contribution in [0, 0.1) is 0 Å². The van der Waals surface area contributed by atoms with Gasteiger partial charge in [0.2, 0.25) is 0 Å². The van der Waals surface area contributed by atoms with Crippen molar-refractivity contribution >= 4 is 5.78 Å². The van der Waals surface area contributed by atoms with Crippen molar-refractivity contribution in [1.29, 1.82) is 0 Å². The summed E-state index contributed by atoms with van der Waals surface area (Å²) >= 11 is 0. The van der Waals surface area contributed by atoms with Gasteiger partial charge in [-0.15, -0.1) is 0 Å². The lowest BCUT2D eigenvalue weighted by Crippen LogP contribution is -2.29. The number of rotatable bonds is 10. The summed E-state index contributed by atoms with van der Waals surface area (Å²) < 4.78 is 0. The van der Waals surface area contributed by atoms with E-state index >= 15 is 0 Å². The second-order valence-electron chi connectivity index (χ2n) is 4.99. The Balaban J connectivity index is 3.21. The van der Waals surface area contributed by atoms with Crippen molar-refractivity contribution in [2.24, 2.45) is 0 Å². The van der Waals surface area contributed by atoms with E-state index in [1.807, 2.05) is 0 Å². The van der Waals surface area contributed by atoms with Gasteiger partial charge in [0.25, 0.3) is 0 Å². The summed E-state index contributed by atoms with van der Waals surface area (Å²) in [4.78, 5) is 11.4. The standard InChI is InChI=1S/C13H28N2O/c1-11(2)14-9-7-5-6-8-13(16)10-15-12(3)4/h11-12,14-15H,5-10H2,1-4H3. The maximum Gasteiger partial charge on any atom is 0.146 e. The summed E-state index contributed by atoms with van der Waals surface area (Å²) in [7, 11) is 0. The molecule has 0 heterocycles. The summed E-state index contributed by atoms with van der Waals surface area (Å²) in [5.41, 5.74) is 0. The van der Waals surface area contributed by atoms with Crippen molar-refractivity contribution in [2.75, 3.05) is 13.1 Å². The van der Waals surface area contributed by atoms with Crippen molar-refractivity contribution in [3.63, 3.8) is 0 Å². The normalized spacial score (nSPS) is 11.4. The first-order chi connectivity index (χ1) is 7.52. The minimum absolute atomic E-state index is 0.338. The molecule has 0 aliphatic heterocycles. The fourth-order valence-corrected chi connectivity index (χ4v) is 1.42. The topological polar surface area (TPSA) is 41.1 Å². The number of carbonyl (C=O) groups is 1. The van der Waals surface area contributed by atoms with E-state index in [-0.39, 0.29) is 0 Å². The van der Waals surface area contributed by atoms with Crippen LogP contribution in [0.3, 0.4) is 0 Å². The molecule has 0 saturated heterocycles. The average Bonchev–Trinajstić information content (AvgIpc) is 2.19. The van der Waals surface area contributed by atoms with Gasteiger partial charge in [-0.05, 0) is 19.4 Å². The Morgan fingerprint density at radius 3 is 2.12 bits per heavy atom. The number of hydrogen-bond acceptors (Lipinski definition) is 3. The highest BCUT2D eigenvalue weighted by Crippen LogP contribution is 2.00. The van der Waals surface area contributed by atoms with Gasteiger partial charge in [-0.3, -0.25) is 4.79 Å². The summed E-state index contributed by atoms with van der Waals surface area (Å²) in [5.74, 6) is 0.338. The highest BCUT2D eigenvalue weighted by molar-refractivity contribution is 5.80. The lowest BCUT2D eigenvalue weighted by atomic mass is 10.1. The average molecular weight is 228 g/mol.